The highest BCUT2D eigenvalue weighted by molar-refractivity contribution is 7.92. The zero-order chi connectivity index (χ0) is 13.2. The highest BCUT2D eigenvalue weighted by Crippen LogP contribution is 2.15. The normalized spacial score (nSPS) is 11.2. The Hall–Kier alpha value is -2.16. The third kappa shape index (κ3) is 2.56. The molecule has 2 aromatic rings. The number of aromatic amines is 1. The number of methoxy groups -OCH3 is 1. The fourth-order valence-corrected chi connectivity index (χ4v) is 2.10. The summed E-state index contributed by atoms with van der Waals surface area (Å²) >= 11 is 0. The molecule has 0 saturated heterocycles. The Labute approximate surface area is 103 Å². The van der Waals surface area contributed by atoms with Gasteiger partial charge in [-0.1, -0.05) is 0 Å². The quantitative estimate of drug-likeness (QED) is 0.827. The standard InChI is InChI=1S/C9H11N5O3S/c1-6-3-8(17-2)13-9(12-6)14-18(15,16)7-4-10-11-5-7/h3-5H,1-2H3,(H,10,11)(H,12,13,14). The van der Waals surface area contributed by atoms with Gasteiger partial charge < -0.3 is 4.74 Å². The first-order valence-corrected chi connectivity index (χ1v) is 6.41. The lowest BCUT2D eigenvalue weighted by atomic mass is 10.4. The van der Waals surface area contributed by atoms with E-state index in [9.17, 15) is 8.42 Å². The Morgan fingerprint density at radius 1 is 1.39 bits per heavy atom. The van der Waals surface area contributed by atoms with Gasteiger partial charge in [0.25, 0.3) is 10.0 Å². The molecule has 0 spiro atoms. The van der Waals surface area contributed by atoms with Crippen LogP contribution in [0.5, 0.6) is 5.88 Å². The van der Waals surface area contributed by atoms with Crippen LogP contribution in [0, 0.1) is 6.92 Å². The maximum atomic E-state index is 11.9. The molecule has 0 aliphatic rings. The molecule has 0 aliphatic heterocycles. The van der Waals surface area contributed by atoms with Crippen LogP contribution in [0.15, 0.2) is 23.4 Å². The Bertz CT molecular complexity index is 638. The van der Waals surface area contributed by atoms with Crippen molar-refractivity contribution in [3.63, 3.8) is 0 Å². The van der Waals surface area contributed by atoms with Gasteiger partial charge in [-0.3, -0.25) is 5.10 Å². The molecule has 0 bridgehead atoms. The van der Waals surface area contributed by atoms with Crippen molar-refractivity contribution in [3.8, 4) is 5.88 Å². The van der Waals surface area contributed by atoms with Gasteiger partial charge in [-0.15, -0.1) is 0 Å². The minimum absolute atomic E-state index is 0.00609. The maximum absolute atomic E-state index is 11.9. The summed E-state index contributed by atoms with van der Waals surface area (Å²) < 4.78 is 30.9. The minimum atomic E-state index is -3.74. The van der Waals surface area contributed by atoms with Gasteiger partial charge in [0.1, 0.15) is 4.90 Å². The minimum Gasteiger partial charge on any atom is -0.481 e. The second-order valence-electron chi connectivity index (χ2n) is 3.41. The Kier molecular flexibility index (Phi) is 3.15. The Morgan fingerprint density at radius 3 is 2.78 bits per heavy atom. The van der Waals surface area contributed by atoms with E-state index >= 15 is 0 Å². The zero-order valence-corrected chi connectivity index (χ0v) is 10.5. The summed E-state index contributed by atoms with van der Waals surface area (Å²) in [5.41, 5.74) is 0.590. The number of nitrogens with zero attached hydrogens (tertiary/aromatic N) is 3. The van der Waals surface area contributed by atoms with E-state index in [1.807, 2.05) is 0 Å². The number of nitrogens with one attached hydrogen (secondary N) is 2. The number of anilines is 1. The molecule has 2 heterocycles. The summed E-state index contributed by atoms with van der Waals surface area (Å²) in [6.45, 7) is 1.71. The summed E-state index contributed by atoms with van der Waals surface area (Å²) in [5.74, 6) is 0.237. The number of sulfonamides is 1. The number of aryl methyl sites for hydroxylation is 1. The number of H-pyrrole nitrogens is 1. The highest BCUT2D eigenvalue weighted by atomic mass is 32.2. The molecule has 2 aromatic heterocycles. The Morgan fingerprint density at radius 2 is 2.17 bits per heavy atom. The molecule has 0 amide bonds. The number of aromatic nitrogens is 4. The smallest absolute Gasteiger partial charge is 0.267 e. The molecule has 96 valence electrons. The van der Waals surface area contributed by atoms with Crippen LogP contribution in [0.3, 0.4) is 0 Å². The molecule has 2 N–H and O–H groups in total. The monoisotopic (exact) mass is 269 g/mol. The Balaban J connectivity index is 2.32. The molecule has 0 saturated carbocycles. The van der Waals surface area contributed by atoms with E-state index in [1.54, 1.807) is 13.0 Å². The summed E-state index contributed by atoms with van der Waals surface area (Å²) in [5, 5.41) is 5.99. The lowest BCUT2D eigenvalue weighted by Gasteiger charge is -2.06. The molecular formula is C9H11N5O3S. The first-order chi connectivity index (χ1) is 8.51. The van der Waals surface area contributed by atoms with E-state index in [-0.39, 0.29) is 16.7 Å². The molecule has 0 aromatic carbocycles. The van der Waals surface area contributed by atoms with Gasteiger partial charge in [0.05, 0.1) is 13.3 Å². The lowest BCUT2D eigenvalue weighted by Crippen LogP contribution is -2.15. The summed E-state index contributed by atoms with van der Waals surface area (Å²) in [6, 6.07) is 1.59. The highest BCUT2D eigenvalue weighted by Gasteiger charge is 2.17. The van der Waals surface area contributed by atoms with E-state index < -0.39 is 10.0 Å². The van der Waals surface area contributed by atoms with Gasteiger partial charge in [-0.05, 0) is 6.92 Å². The van der Waals surface area contributed by atoms with Gasteiger partial charge in [0.15, 0.2) is 0 Å². The van der Waals surface area contributed by atoms with Gasteiger partial charge >= 0.3 is 0 Å². The average Bonchev–Trinajstić information content (AvgIpc) is 2.81. The first-order valence-electron chi connectivity index (χ1n) is 4.92. The van der Waals surface area contributed by atoms with Crippen LogP contribution in [0.2, 0.25) is 0 Å². The van der Waals surface area contributed by atoms with Crippen molar-refractivity contribution in [1.29, 1.82) is 0 Å². The number of rotatable bonds is 4. The van der Waals surface area contributed by atoms with Gasteiger partial charge in [0.2, 0.25) is 11.8 Å². The van der Waals surface area contributed by atoms with Crippen LogP contribution in [-0.4, -0.2) is 35.7 Å². The molecular weight excluding hydrogens is 258 g/mol. The van der Waals surface area contributed by atoms with Crippen molar-refractivity contribution < 1.29 is 13.2 Å². The second kappa shape index (κ2) is 4.61. The van der Waals surface area contributed by atoms with Crippen LogP contribution in [-0.2, 0) is 10.0 Å². The van der Waals surface area contributed by atoms with Crippen molar-refractivity contribution >= 4 is 16.0 Å². The van der Waals surface area contributed by atoms with Crippen molar-refractivity contribution in [2.45, 2.75) is 11.8 Å². The average molecular weight is 269 g/mol. The maximum Gasteiger partial charge on any atom is 0.267 e. The molecule has 9 heteroatoms. The first kappa shape index (κ1) is 12.3. The number of ether oxygens (including phenoxy) is 1. The predicted octanol–water partition coefficient (Wildman–Crippen LogP) is 0.318. The fourth-order valence-electron chi connectivity index (χ4n) is 1.25. The van der Waals surface area contributed by atoms with Gasteiger partial charge in [-0.2, -0.15) is 10.1 Å². The predicted molar refractivity (Wildman–Crippen MR) is 62.7 cm³/mol. The molecule has 0 radical (unpaired) electrons. The molecule has 18 heavy (non-hydrogen) atoms. The summed E-state index contributed by atoms with van der Waals surface area (Å²) in [6.07, 6.45) is 2.45. The number of hydrogen-bond acceptors (Lipinski definition) is 6. The van der Waals surface area contributed by atoms with E-state index in [1.165, 1.54) is 19.5 Å². The third-order valence-electron chi connectivity index (χ3n) is 2.05. The van der Waals surface area contributed by atoms with Crippen LogP contribution in [0.4, 0.5) is 5.95 Å². The van der Waals surface area contributed by atoms with Crippen molar-refractivity contribution in [1.82, 2.24) is 20.2 Å². The molecule has 0 atom stereocenters. The van der Waals surface area contributed by atoms with Gasteiger partial charge in [-0.25, -0.2) is 18.1 Å². The molecule has 8 nitrogen and oxygen atoms in total. The summed E-state index contributed by atoms with van der Waals surface area (Å²) in [4.78, 5) is 7.86. The fraction of sp³-hybridized carbons (Fsp3) is 0.222. The molecule has 2 rings (SSSR count). The SMILES string of the molecule is COc1cc(C)nc(NS(=O)(=O)c2cn[nH]c2)n1. The molecule has 0 unspecified atom stereocenters. The van der Waals surface area contributed by atoms with Crippen molar-refractivity contribution in [2.24, 2.45) is 0 Å². The van der Waals surface area contributed by atoms with Crippen LogP contribution in [0.1, 0.15) is 5.69 Å². The largest absolute Gasteiger partial charge is 0.481 e. The second-order valence-corrected chi connectivity index (χ2v) is 5.10. The van der Waals surface area contributed by atoms with Gasteiger partial charge in [0, 0.05) is 18.0 Å². The molecule has 0 fully saturated rings. The van der Waals surface area contributed by atoms with Crippen molar-refractivity contribution in [2.75, 3.05) is 11.8 Å². The van der Waals surface area contributed by atoms with Crippen LogP contribution >= 0.6 is 0 Å². The lowest BCUT2D eigenvalue weighted by molar-refractivity contribution is 0.397. The van der Waals surface area contributed by atoms with E-state index in [0.717, 1.165) is 0 Å². The van der Waals surface area contributed by atoms with E-state index in [0.29, 0.717) is 5.69 Å². The molecule has 0 aliphatic carbocycles. The topological polar surface area (TPSA) is 110 Å². The van der Waals surface area contributed by atoms with E-state index in [4.69, 9.17) is 4.74 Å². The zero-order valence-electron chi connectivity index (χ0n) is 9.71. The van der Waals surface area contributed by atoms with E-state index in [2.05, 4.69) is 24.9 Å². The van der Waals surface area contributed by atoms with Crippen LogP contribution in [0.25, 0.3) is 0 Å². The third-order valence-corrected chi connectivity index (χ3v) is 3.34. The van der Waals surface area contributed by atoms with Crippen LogP contribution < -0.4 is 9.46 Å². The number of hydrogen-bond donors (Lipinski definition) is 2. The summed E-state index contributed by atoms with van der Waals surface area (Å²) in [7, 11) is -2.30. The van der Waals surface area contributed by atoms with Crippen molar-refractivity contribution in [3.05, 3.63) is 24.2 Å².